The van der Waals surface area contributed by atoms with Crippen LogP contribution in [0.4, 0.5) is 0 Å². The van der Waals surface area contributed by atoms with Gasteiger partial charge in [0, 0.05) is 0 Å². The molecule has 0 bridgehead atoms. The number of hydrogen-bond acceptors (Lipinski definition) is 4. The molecule has 0 unspecified atom stereocenters. The zero-order chi connectivity index (χ0) is 14.6. The summed E-state index contributed by atoms with van der Waals surface area (Å²) in [6.07, 6.45) is 2.54. The summed E-state index contributed by atoms with van der Waals surface area (Å²) >= 11 is 0. The summed E-state index contributed by atoms with van der Waals surface area (Å²) in [6, 6.07) is 0. The molecule has 0 spiro atoms. The van der Waals surface area contributed by atoms with Crippen LogP contribution in [0, 0.1) is 0 Å². The molecule has 0 fully saturated rings. The summed E-state index contributed by atoms with van der Waals surface area (Å²) in [5.41, 5.74) is 0. The van der Waals surface area contributed by atoms with Crippen molar-refractivity contribution in [1.82, 2.24) is 0 Å². The highest BCUT2D eigenvalue weighted by atomic mass is 16.5. The number of hydrogen-bond donors (Lipinski definition) is 0. The first-order chi connectivity index (χ1) is 8.33. The quantitative estimate of drug-likeness (QED) is 0.686. The van der Waals surface area contributed by atoms with E-state index in [1.54, 1.807) is 27.7 Å². The second kappa shape index (κ2) is 12.4. The average Bonchev–Trinajstić information content (AvgIpc) is 2.25. The lowest BCUT2D eigenvalue weighted by atomic mass is 10.3. The van der Waals surface area contributed by atoms with Crippen molar-refractivity contribution >= 4 is 11.9 Å². The van der Waals surface area contributed by atoms with Gasteiger partial charge in [-0.1, -0.05) is 26.7 Å². The van der Waals surface area contributed by atoms with Gasteiger partial charge in [-0.3, -0.25) is 9.59 Å². The molecule has 0 rings (SSSR count). The topological polar surface area (TPSA) is 52.6 Å². The molecule has 0 amide bonds. The van der Waals surface area contributed by atoms with Crippen LogP contribution in [-0.4, -0.2) is 24.1 Å². The molecule has 0 radical (unpaired) electrons. The smallest absolute Gasteiger partial charge is 0.306 e. The first kappa shape index (κ1) is 19.3. The Bertz CT molecular complexity index is 198. The molecule has 0 saturated carbocycles. The van der Waals surface area contributed by atoms with E-state index < -0.39 is 0 Å². The van der Waals surface area contributed by atoms with Gasteiger partial charge in [0.25, 0.3) is 0 Å². The second-order valence-electron chi connectivity index (χ2n) is 4.58. The predicted molar refractivity (Wildman–Crippen MR) is 72.3 cm³/mol. The minimum Gasteiger partial charge on any atom is -0.463 e. The van der Waals surface area contributed by atoms with Crippen LogP contribution in [-0.2, 0) is 19.1 Å². The normalized spacial score (nSPS) is 9.78. The molecule has 0 aliphatic carbocycles. The molecular formula is C14H28O4. The predicted octanol–water partition coefficient (Wildman–Crippen LogP) is 3.48. The Hall–Kier alpha value is -1.06. The van der Waals surface area contributed by atoms with Crippen molar-refractivity contribution in [2.24, 2.45) is 0 Å². The molecule has 18 heavy (non-hydrogen) atoms. The van der Waals surface area contributed by atoms with E-state index in [0.29, 0.717) is 0 Å². The van der Waals surface area contributed by atoms with Gasteiger partial charge in [0.15, 0.2) is 0 Å². The van der Waals surface area contributed by atoms with Crippen molar-refractivity contribution in [3.8, 4) is 0 Å². The van der Waals surface area contributed by atoms with Crippen LogP contribution in [0.25, 0.3) is 0 Å². The van der Waals surface area contributed by atoms with Gasteiger partial charge < -0.3 is 9.47 Å². The summed E-state index contributed by atoms with van der Waals surface area (Å²) < 4.78 is 9.72. The van der Waals surface area contributed by atoms with Gasteiger partial charge in [0.1, 0.15) is 0 Å². The lowest BCUT2D eigenvalue weighted by Gasteiger charge is -2.09. The van der Waals surface area contributed by atoms with Gasteiger partial charge in [-0.05, 0) is 27.7 Å². The molecule has 0 atom stereocenters. The molecule has 0 saturated heterocycles. The number of unbranched alkanes of at least 4 members (excludes halogenated alkanes) is 1. The average molecular weight is 260 g/mol. The molecule has 0 aliphatic heterocycles. The highest BCUT2D eigenvalue weighted by Crippen LogP contribution is 2.00. The fraction of sp³-hybridized carbons (Fsp3) is 0.857. The third-order valence-electron chi connectivity index (χ3n) is 1.77. The van der Waals surface area contributed by atoms with Crippen LogP contribution in [0.2, 0.25) is 0 Å². The standard InChI is InChI=1S/C10H18O4.C4H10/c1-7(2)13-9(11)5-6-10(12)14-8(3)4;1-3-4-2/h7-8H,5-6H2,1-4H3;3-4H2,1-2H3. The molecule has 0 heterocycles. The number of carbonyl (C=O) groups excluding carboxylic acids is 2. The Morgan fingerprint density at radius 1 is 0.778 bits per heavy atom. The van der Waals surface area contributed by atoms with Crippen LogP contribution in [0.15, 0.2) is 0 Å². The van der Waals surface area contributed by atoms with Gasteiger partial charge in [0.05, 0.1) is 25.0 Å². The second-order valence-corrected chi connectivity index (χ2v) is 4.58. The van der Waals surface area contributed by atoms with E-state index in [2.05, 4.69) is 13.8 Å². The van der Waals surface area contributed by atoms with Crippen molar-refractivity contribution in [3.05, 3.63) is 0 Å². The van der Waals surface area contributed by atoms with Crippen molar-refractivity contribution in [2.45, 2.75) is 79.4 Å². The molecule has 108 valence electrons. The van der Waals surface area contributed by atoms with E-state index in [0.717, 1.165) is 0 Å². The Balaban J connectivity index is 0. The van der Waals surface area contributed by atoms with E-state index >= 15 is 0 Å². The minimum atomic E-state index is -0.360. The molecule has 0 aromatic heterocycles. The van der Waals surface area contributed by atoms with Crippen molar-refractivity contribution in [2.75, 3.05) is 0 Å². The molecule has 4 heteroatoms. The molecule has 0 N–H and O–H groups in total. The van der Waals surface area contributed by atoms with Crippen LogP contribution < -0.4 is 0 Å². The van der Waals surface area contributed by atoms with Crippen LogP contribution in [0.5, 0.6) is 0 Å². The number of ether oxygens (including phenoxy) is 2. The Kier molecular flexibility index (Phi) is 13.3. The zero-order valence-corrected chi connectivity index (χ0v) is 12.6. The van der Waals surface area contributed by atoms with E-state index in [9.17, 15) is 9.59 Å². The maximum Gasteiger partial charge on any atom is 0.306 e. The molecule has 4 nitrogen and oxygen atoms in total. The number of rotatable bonds is 6. The lowest BCUT2D eigenvalue weighted by Crippen LogP contribution is -2.16. The maximum atomic E-state index is 11.0. The van der Waals surface area contributed by atoms with E-state index in [1.807, 2.05) is 0 Å². The first-order valence-corrected chi connectivity index (χ1v) is 6.72. The Morgan fingerprint density at radius 2 is 1.06 bits per heavy atom. The number of esters is 2. The van der Waals surface area contributed by atoms with E-state index in [-0.39, 0.29) is 37.0 Å². The largest absolute Gasteiger partial charge is 0.463 e. The van der Waals surface area contributed by atoms with E-state index in [4.69, 9.17) is 9.47 Å². The van der Waals surface area contributed by atoms with Crippen molar-refractivity contribution in [3.63, 3.8) is 0 Å². The lowest BCUT2D eigenvalue weighted by molar-refractivity contribution is -0.154. The Labute approximate surface area is 111 Å². The molecular weight excluding hydrogens is 232 g/mol. The minimum absolute atomic E-state index is 0.0870. The van der Waals surface area contributed by atoms with Crippen LogP contribution in [0.3, 0.4) is 0 Å². The third-order valence-corrected chi connectivity index (χ3v) is 1.77. The van der Waals surface area contributed by atoms with Gasteiger partial charge in [-0.2, -0.15) is 0 Å². The van der Waals surface area contributed by atoms with Crippen molar-refractivity contribution < 1.29 is 19.1 Å². The summed E-state index contributed by atoms with van der Waals surface area (Å²) in [4.78, 5) is 22.0. The summed E-state index contributed by atoms with van der Waals surface area (Å²) in [7, 11) is 0. The summed E-state index contributed by atoms with van der Waals surface area (Å²) in [5, 5.41) is 0. The molecule has 0 aliphatic rings. The zero-order valence-electron chi connectivity index (χ0n) is 12.6. The summed E-state index contributed by atoms with van der Waals surface area (Å²) in [6.45, 7) is 11.4. The fourth-order valence-corrected chi connectivity index (χ4v) is 0.848. The highest BCUT2D eigenvalue weighted by molar-refractivity contribution is 5.77. The van der Waals surface area contributed by atoms with Crippen LogP contribution >= 0.6 is 0 Å². The maximum absolute atomic E-state index is 11.0. The fourth-order valence-electron chi connectivity index (χ4n) is 0.848. The van der Waals surface area contributed by atoms with Crippen LogP contribution in [0.1, 0.15) is 67.2 Å². The van der Waals surface area contributed by atoms with Gasteiger partial charge in [-0.15, -0.1) is 0 Å². The van der Waals surface area contributed by atoms with Gasteiger partial charge in [-0.25, -0.2) is 0 Å². The van der Waals surface area contributed by atoms with Gasteiger partial charge >= 0.3 is 11.9 Å². The Morgan fingerprint density at radius 3 is 1.22 bits per heavy atom. The van der Waals surface area contributed by atoms with Crippen molar-refractivity contribution in [1.29, 1.82) is 0 Å². The first-order valence-electron chi connectivity index (χ1n) is 6.72. The SMILES string of the molecule is CC(C)OC(=O)CCC(=O)OC(C)C.CCCC. The number of carbonyl (C=O) groups is 2. The highest BCUT2D eigenvalue weighted by Gasteiger charge is 2.11. The van der Waals surface area contributed by atoms with Gasteiger partial charge in [0.2, 0.25) is 0 Å². The molecule has 0 aromatic rings. The van der Waals surface area contributed by atoms with E-state index in [1.165, 1.54) is 12.8 Å². The monoisotopic (exact) mass is 260 g/mol. The molecule has 0 aromatic carbocycles. The third kappa shape index (κ3) is 17.3. The summed E-state index contributed by atoms with van der Waals surface area (Å²) in [5.74, 6) is -0.721.